The fourth-order valence-electron chi connectivity index (χ4n) is 1.62. The summed E-state index contributed by atoms with van der Waals surface area (Å²) in [4.78, 5) is 16.7. The van der Waals surface area contributed by atoms with Crippen molar-refractivity contribution < 1.29 is 9.18 Å². The summed E-state index contributed by atoms with van der Waals surface area (Å²) >= 11 is 0. The predicted molar refractivity (Wildman–Crippen MR) is 53.5 cm³/mol. The molecular formula is C11H9FN2O. The van der Waals surface area contributed by atoms with Crippen LogP contribution in [-0.2, 0) is 4.79 Å². The molecule has 0 aromatic carbocycles. The third-order valence-corrected chi connectivity index (χ3v) is 2.36. The lowest BCUT2D eigenvalue weighted by Crippen LogP contribution is -2.24. The zero-order valence-corrected chi connectivity index (χ0v) is 7.98. The second-order valence-electron chi connectivity index (χ2n) is 3.43. The van der Waals surface area contributed by atoms with Gasteiger partial charge < -0.3 is 4.90 Å². The summed E-state index contributed by atoms with van der Waals surface area (Å²) in [7, 11) is 0. The van der Waals surface area contributed by atoms with Crippen molar-refractivity contribution in [1.82, 2.24) is 4.98 Å². The van der Waals surface area contributed by atoms with Gasteiger partial charge in [0, 0.05) is 24.9 Å². The monoisotopic (exact) mass is 204 g/mol. The summed E-state index contributed by atoms with van der Waals surface area (Å²) in [6.07, 6.45) is 8.13. The molecule has 0 N–H and O–H groups in total. The molecule has 1 aliphatic heterocycles. The summed E-state index contributed by atoms with van der Waals surface area (Å²) in [5, 5.41) is 0. The van der Waals surface area contributed by atoms with Gasteiger partial charge in [-0.3, -0.25) is 9.78 Å². The fraction of sp³-hybridized carbons (Fsp3) is 0.273. The van der Waals surface area contributed by atoms with Crippen LogP contribution in [0.15, 0.2) is 18.5 Å². The van der Waals surface area contributed by atoms with E-state index >= 15 is 0 Å². The number of carbonyl (C=O) groups is 1. The lowest BCUT2D eigenvalue weighted by molar-refractivity contribution is -0.117. The molecule has 0 saturated carbocycles. The van der Waals surface area contributed by atoms with E-state index in [0.717, 1.165) is 6.20 Å². The van der Waals surface area contributed by atoms with Gasteiger partial charge in [-0.15, -0.1) is 12.3 Å². The Kier molecular flexibility index (Phi) is 2.38. The van der Waals surface area contributed by atoms with E-state index in [1.165, 1.54) is 17.2 Å². The Morgan fingerprint density at radius 2 is 2.40 bits per heavy atom. The quantitative estimate of drug-likeness (QED) is 0.644. The standard InChI is InChI=1S/C11H9FN2O/c1-2-8-3-11(15)14(7-8)10-4-9(12)5-13-6-10/h1,4-6,8H,3,7H2. The highest BCUT2D eigenvalue weighted by molar-refractivity contribution is 5.95. The molecule has 0 radical (unpaired) electrons. The molecule has 0 aliphatic carbocycles. The Bertz CT molecular complexity index is 438. The van der Waals surface area contributed by atoms with Gasteiger partial charge in [-0.05, 0) is 0 Å². The highest BCUT2D eigenvalue weighted by Crippen LogP contribution is 2.24. The van der Waals surface area contributed by atoms with Crippen LogP contribution >= 0.6 is 0 Å². The molecule has 76 valence electrons. The Balaban J connectivity index is 2.26. The summed E-state index contributed by atoms with van der Waals surface area (Å²) in [5.41, 5.74) is 0.470. The summed E-state index contributed by atoms with van der Waals surface area (Å²) in [5.74, 6) is 1.92. The van der Waals surface area contributed by atoms with Crippen molar-refractivity contribution in [2.24, 2.45) is 5.92 Å². The molecule has 1 aromatic heterocycles. The van der Waals surface area contributed by atoms with E-state index in [1.54, 1.807) is 0 Å². The molecule has 4 heteroatoms. The second-order valence-corrected chi connectivity index (χ2v) is 3.43. The van der Waals surface area contributed by atoms with E-state index in [-0.39, 0.29) is 11.8 Å². The third kappa shape index (κ3) is 1.82. The van der Waals surface area contributed by atoms with Gasteiger partial charge in [0.2, 0.25) is 5.91 Å². The molecule has 1 amide bonds. The minimum Gasteiger partial charge on any atom is -0.309 e. The first-order valence-corrected chi connectivity index (χ1v) is 4.58. The van der Waals surface area contributed by atoms with Gasteiger partial charge in [0.15, 0.2) is 0 Å². The first kappa shape index (κ1) is 9.66. The Labute approximate surface area is 86.9 Å². The van der Waals surface area contributed by atoms with Gasteiger partial charge in [0.25, 0.3) is 0 Å². The van der Waals surface area contributed by atoms with E-state index in [4.69, 9.17) is 6.42 Å². The number of halogens is 1. The van der Waals surface area contributed by atoms with E-state index in [2.05, 4.69) is 10.9 Å². The Morgan fingerprint density at radius 1 is 1.60 bits per heavy atom. The molecule has 0 spiro atoms. The number of terminal acetylenes is 1. The van der Waals surface area contributed by atoms with Gasteiger partial charge in [-0.25, -0.2) is 4.39 Å². The van der Waals surface area contributed by atoms with Crippen LogP contribution in [0, 0.1) is 24.1 Å². The molecule has 1 unspecified atom stereocenters. The zero-order chi connectivity index (χ0) is 10.8. The van der Waals surface area contributed by atoms with Crippen molar-refractivity contribution in [2.75, 3.05) is 11.4 Å². The average molecular weight is 204 g/mol. The van der Waals surface area contributed by atoms with E-state index in [0.29, 0.717) is 18.7 Å². The summed E-state index contributed by atoms with van der Waals surface area (Å²) in [6.45, 7) is 0.445. The van der Waals surface area contributed by atoms with Crippen LogP contribution in [0.3, 0.4) is 0 Å². The zero-order valence-electron chi connectivity index (χ0n) is 7.98. The van der Waals surface area contributed by atoms with Crippen LogP contribution in [0.4, 0.5) is 10.1 Å². The number of nitrogens with zero attached hydrogens (tertiary/aromatic N) is 2. The molecule has 15 heavy (non-hydrogen) atoms. The number of rotatable bonds is 1. The molecule has 1 aliphatic rings. The first-order valence-electron chi connectivity index (χ1n) is 4.58. The summed E-state index contributed by atoms with van der Waals surface area (Å²) < 4.78 is 12.9. The number of amides is 1. The number of anilines is 1. The van der Waals surface area contributed by atoms with Crippen LogP contribution in [0.2, 0.25) is 0 Å². The molecular weight excluding hydrogens is 195 g/mol. The average Bonchev–Trinajstić information content (AvgIpc) is 2.60. The topological polar surface area (TPSA) is 33.2 Å². The van der Waals surface area contributed by atoms with Crippen LogP contribution in [-0.4, -0.2) is 17.4 Å². The normalized spacial score (nSPS) is 20.4. The van der Waals surface area contributed by atoms with Gasteiger partial charge in [0.1, 0.15) is 5.82 Å². The smallest absolute Gasteiger partial charge is 0.228 e. The van der Waals surface area contributed by atoms with Gasteiger partial charge in [0.05, 0.1) is 18.1 Å². The van der Waals surface area contributed by atoms with Gasteiger partial charge >= 0.3 is 0 Å². The molecule has 0 bridgehead atoms. The number of hydrogen-bond acceptors (Lipinski definition) is 2. The highest BCUT2D eigenvalue weighted by atomic mass is 19.1. The SMILES string of the molecule is C#CC1CC(=O)N(c2cncc(F)c2)C1. The Morgan fingerprint density at radius 3 is 3.00 bits per heavy atom. The minimum atomic E-state index is -0.454. The molecule has 1 saturated heterocycles. The van der Waals surface area contributed by atoms with Crippen LogP contribution in [0.25, 0.3) is 0 Å². The van der Waals surface area contributed by atoms with Crippen molar-refractivity contribution >= 4 is 11.6 Å². The maximum atomic E-state index is 12.9. The van der Waals surface area contributed by atoms with Crippen LogP contribution in [0.5, 0.6) is 0 Å². The third-order valence-electron chi connectivity index (χ3n) is 2.36. The highest BCUT2D eigenvalue weighted by Gasteiger charge is 2.29. The lowest BCUT2D eigenvalue weighted by atomic mass is 10.1. The summed E-state index contributed by atoms with van der Waals surface area (Å²) in [6, 6.07) is 1.28. The van der Waals surface area contributed by atoms with E-state index in [9.17, 15) is 9.18 Å². The Hall–Kier alpha value is -1.89. The van der Waals surface area contributed by atoms with Gasteiger partial charge in [-0.1, -0.05) is 0 Å². The minimum absolute atomic E-state index is 0.0784. The molecule has 1 fully saturated rings. The molecule has 2 rings (SSSR count). The number of aromatic nitrogens is 1. The number of hydrogen-bond donors (Lipinski definition) is 0. The maximum Gasteiger partial charge on any atom is 0.228 e. The largest absolute Gasteiger partial charge is 0.309 e. The van der Waals surface area contributed by atoms with Crippen molar-refractivity contribution in [3.63, 3.8) is 0 Å². The van der Waals surface area contributed by atoms with Crippen LogP contribution < -0.4 is 4.90 Å². The number of carbonyl (C=O) groups excluding carboxylic acids is 1. The van der Waals surface area contributed by atoms with Crippen LogP contribution in [0.1, 0.15) is 6.42 Å². The van der Waals surface area contributed by atoms with Crippen molar-refractivity contribution in [3.8, 4) is 12.3 Å². The molecule has 3 nitrogen and oxygen atoms in total. The maximum absolute atomic E-state index is 12.9. The van der Waals surface area contributed by atoms with E-state index in [1.807, 2.05) is 0 Å². The van der Waals surface area contributed by atoms with E-state index < -0.39 is 5.82 Å². The van der Waals surface area contributed by atoms with Gasteiger partial charge in [-0.2, -0.15) is 0 Å². The predicted octanol–water partition coefficient (Wildman–Crippen LogP) is 1.21. The fourth-order valence-corrected chi connectivity index (χ4v) is 1.62. The van der Waals surface area contributed by atoms with Crippen molar-refractivity contribution in [1.29, 1.82) is 0 Å². The lowest BCUT2D eigenvalue weighted by Gasteiger charge is -2.14. The molecule has 1 atom stereocenters. The van der Waals surface area contributed by atoms with Crippen molar-refractivity contribution in [2.45, 2.75) is 6.42 Å². The molecule has 2 heterocycles. The molecule has 1 aromatic rings. The number of pyridine rings is 1. The first-order chi connectivity index (χ1) is 7.20. The van der Waals surface area contributed by atoms with Crippen molar-refractivity contribution in [3.05, 3.63) is 24.3 Å². The second kappa shape index (κ2) is 3.70.